The summed E-state index contributed by atoms with van der Waals surface area (Å²) in [7, 11) is 0. The van der Waals surface area contributed by atoms with E-state index in [1.165, 1.54) is 0 Å². The van der Waals surface area contributed by atoms with E-state index >= 15 is 0 Å². The summed E-state index contributed by atoms with van der Waals surface area (Å²) in [4.78, 5) is 0. The molecule has 0 aromatic carbocycles. The molecule has 0 bridgehead atoms. The molecule has 0 aliphatic heterocycles. The van der Waals surface area contributed by atoms with E-state index in [1.54, 1.807) is 23.3 Å². The zero-order chi connectivity index (χ0) is 29.1. The fourth-order valence-corrected chi connectivity index (χ4v) is 10.3. The number of hydrogen-bond acceptors (Lipinski definition) is 0. The first kappa shape index (κ1) is 33.6. The van der Waals surface area contributed by atoms with Gasteiger partial charge in [0.25, 0.3) is 0 Å². The Hall–Kier alpha value is 0.558. The third kappa shape index (κ3) is 3.29. The molecule has 0 heterocycles. The molecule has 0 N–H and O–H groups in total. The van der Waals surface area contributed by atoms with Gasteiger partial charge in [-0.05, 0) is 0 Å². The topological polar surface area (TPSA) is 0 Å². The summed E-state index contributed by atoms with van der Waals surface area (Å²) in [5.74, 6) is 0. The van der Waals surface area contributed by atoms with Gasteiger partial charge in [-0.2, -0.15) is 0 Å². The number of hydrogen-bond donors (Lipinski definition) is 0. The van der Waals surface area contributed by atoms with Crippen molar-refractivity contribution in [2.24, 2.45) is 59.6 Å². The second kappa shape index (κ2) is 8.04. The molecule has 0 amide bonds. The van der Waals surface area contributed by atoms with E-state index < -0.39 is 0 Å². The molecule has 0 unspecified atom stereocenters. The second-order valence-corrected chi connectivity index (χ2v) is 20.1. The fourth-order valence-electron chi connectivity index (χ4n) is 9.35. The van der Waals surface area contributed by atoms with Crippen LogP contribution in [0.3, 0.4) is 0 Å². The molecule has 1 saturated carbocycles. The third-order valence-electron chi connectivity index (χ3n) is 17.1. The van der Waals surface area contributed by atoms with Gasteiger partial charge < -0.3 is 0 Å². The molecule has 0 radical (unpaired) electrons. The zero-order valence-corrected chi connectivity index (χ0v) is 31.3. The molecule has 1 heteroatoms. The zero-order valence-electron chi connectivity index (χ0n) is 28.4. The molecular formula is C34H66W. The second-order valence-electron chi connectivity index (χ2n) is 17.9. The predicted octanol–water partition coefficient (Wildman–Crippen LogP) is 11.0. The Labute approximate surface area is 234 Å². The van der Waals surface area contributed by atoms with Gasteiger partial charge in [-0.15, -0.1) is 0 Å². The van der Waals surface area contributed by atoms with Gasteiger partial charge in [-0.25, -0.2) is 0 Å². The average molecular weight is 659 g/mol. The molecule has 0 nitrogen and oxygen atoms in total. The van der Waals surface area contributed by atoms with Crippen LogP contribution in [-0.2, 0) is 19.4 Å². The molecular weight excluding hydrogens is 592 g/mol. The maximum atomic E-state index is 2.68. The van der Waals surface area contributed by atoms with E-state index in [1.807, 2.05) is 0 Å². The summed E-state index contributed by atoms with van der Waals surface area (Å²) in [5.41, 5.74) is 1.23. The Kier molecular flexibility index (Phi) is 7.72. The Bertz CT molecular complexity index is 819. The molecule has 35 heavy (non-hydrogen) atoms. The van der Waals surface area contributed by atoms with Crippen molar-refractivity contribution in [2.75, 3.05) is 0 Å². The Morgan fingerprint density at radius 2 is 0.686 bits per heavy atom. The van der Waals surface area contributed by atoms with E-state index in [0.717, 1.165) is 0 Å². The van der Waals surface area contributed by atoms with Crippen LogP contribution >= 0.6 is 0 Å². The van der Waals surface area contributed by atoms with Crippen molar-refractivity contribution in [1.29, 1.82) is 0 Å². The fraction of sp³-hybridized carbons (Fsp3) is 0.971. The molecule has 0 aromatic rings. The van der Waals surface area contributed by atoms with E-state index in [9.17, 15) is 0 Å². The molecule has 0 spiro atoms. The van der Waals surface area contributed by atoms with Crippen LogP contribution in [0.5, 0.6) is 0 Å². The molecule has 1 fully saturated rings. The molecule has 1 aliphatic carbocycles. The average Bonchev–Trinajstić information content (AvgIpc) is 2.64. The van der Waals surface area contributed by atoms with Crippen molar-refractivity contribution in [3.63, 3.8) is 0 Å². The molecule has 0 aromatic heterocycles. The summed E-state index contributed by atoms with van der Waals surface area (Å²) >= 11 is 1.62. The summed E-state index contributed by atoms with van der Waals surface area (Å²) in [6.07, 6.45) is 0. The van der Waals surface area contributed by atoms with Gasteiger partial charge in [-0.1, -0.05) is 0 Å². The van der Waals surface area contributed by atoms with Gasteiger partial charge in [0.15, 0.2) is 0 Å². The van der Waals surface area contributed by atoms with E-state index in [-0.39, 0.29) is 59.6 Å². The summed E-state index contributed by atoms with van der Waals surface area (Å²) in [6, 6.07) is 0. The normalized spacial score (nSPS) is 25.8. The monoisotopic (exact) mass is 658 g/mol. The van der Waals surface area contributed by atoms with Crippen LogP contribution in [0.15, 0.2) is 0 Å². The first-order chi connectivity index (χ1) is 14.7. The third-order valence-corrected chi connectivity index (χ3v) is 19.0. The van der Waals surface area contributed by atoms with Crippen molar-refractivity contribution >= 4 is 3.90 Å². The molecule has 208 valence electrons. The van der Waals surface area contributed by atoms with Crippen LogP contribution in [0.2, 0.25) is 0 Å². The van der Waals surface area contributed by atoms with E-state index in [0.29, 0.717) is 0 Å². The Morgan fingerprint density at radius 3 is 0.943 bits per heavy atom. The van der Waals surface area contributed by atoms with Crippen LogP contribution in [0, 0.1) is 59.6 Å². The van der Waals surface area contributed by atoms with Crippen molar-refractivity contribution in [3.8, 4) is 0 Å². The quantitative estimate of drug-likeness (QED) is 0.266. The summed E-state index contributed by atoms with van der Waals surface area (Å²) < 4.78 is 1.61. The van der Waals surface area contributed by atoms with Crippen molar-refractivity contribution in [1.82, 2.24) is 0 Å². The maximum absolute atomic E-state index is 2.68. The summed E-state index contributed by atoms with van der Waals surface area (Å²) in [6.45, 7) is 56.6. The molecule has 0 saturated heterocycles. The number of rotatable bonds is 6. The standard InChI is InChI=1S/C34H66.W/c1-23-24(2,3)25(4,5)26(6,7)28(10,11)31(16,17)34(22)32(18,19)29(12,13)27(8,9)30(14,15)33(34,20)21;/h1-22H3;. The molecule has 1 aliphatic rings. The van der Waals surface area contributed by atoms with Crippen molar-refractivity contribution in [2.45, 2.75) is 152 Å². The van der Waals surface area contributed by atoms with Crippen LogP contribution in [0.25, 0.3) is 0 Å². The van der Waals surface area contributed by atoms with Crippen LogP contribution < -0.4 is 0 Å². The molecule has 0 atom stereocenters. The molecule has 1 rings (SSSR count). The Balaban J connectivity index is 4.17. The van der Waals surface area contributed by atoms with Crippen molar-refractivity contribution < 1.29 is 19.4 Å². The van der Waals surface area contributed by atoms with Gasteiger partial charge in [-0.3, -0.25) is 0 Å². The van der Waals surface area contributed by atoms with E-state index in [4.69, 9.17) is 0 Å². The van der Waals surface area contributed by atoms with E-state index in [2.05, 4.69) is 152 Å². The van der Waals surface area contributed by atoms with Gasteiger partial charge >= 0.3 is 235 Å². The predicted molar refractivity (Wildman–Crippen MR) is 157 cm³/mol. The Morgan fingerprint density at radius 1 is 0.429 bits per heavy atom. The van der Waals surface area contributed by atoms with Crippen molar-refractivity contribution in [3.05, 3.63) is 0 Å². The summed E-state index contributed by atoms with van der Waals surface area (Å²) in [5, 5.41) is 0. The van der Waals surface area contributed by atoms with Crippen LogP contribution in [-0.4, -0.2) is 3.90 Å². The first-order valence-electron chi connectivity index (χ1n) is 14.2. The first-order valence-corrected chi connectivity index (χ1v) is 15.7. The van der Waals surface area contributed by atoms with Gasteiger partial charge in [0.1, 0.15) is 0 Å². The van der Waals surface area contributed by atoms with Crippen LogP contribution in [0.1, 0.15) is 152 Å². The van der Waals surface area contributed by atoms with Crippen LogP contribution in [0.4, 0.5) is 0 Å². The van der Waals surface area contributed by atoms with Gasteiger partial charge in [0, 0.05) is 0 Å². The van der Waals surface area contributed by atoms with Gasteiger partial charge in [0.2, 0.25) is 0 Å². The SMILES string of the molecule is C[C](=[W])C(C)(C)C(C)(C)C(C)(C)C(C)(C)C(C)(C)C1(C)C(C)(C)C(C)(C)C(C)(C)C(C)(C)C1(C)C. The van der Waals surface area contributed by atoms with Gasteiger partial charge in [0.05, 0.1) is 0 Å². The minimum atomic E-state index is 0.0450. The minimum absolute atomic E-state index is 0.0450.